The van der Waals surface area contributed by atoms with Crippen LogP contribution in [0.2, 0.25) is 0 Å². The predicted octanol–water partition coefficient (Wildman–Crippen LogP) is 1.63. The first-order chi connectivity index (χ1) is 9.02. The van der Waals surface area contributed by atoms with Crippen LogP contribution in [0.1, 0.15) is 24.3 Å². The van der Waals surface area contributed by atoms with E-state index < -0.39 is 12.0 Å². The Bertz CT molecular complexity index is 478. The van der Waals surface area contributed by atoms with Crippen LogP contribution in [0, 0.1) is 0 Å². The number of carbonyl (C=O) groups excluding carboxylic acids is 1. The quantitative estimate of drug-likeness (QED) is 0.677. The highest BCUT2D eigenvalue weighted by Crippen LogP contribution is 2.33. The van der Waals surface area contributed by atoms with E-state index >= 15 is 0 Å². The minimum Gasteiger partial charge on any atom is -0.497 e. The fourth-order valence-electron chi connectivity index (χ4n) is 2.27. The summed E-state index contributed by atoms with van der Waals surface area (Å²) in [6.07, 6.45) is 0.0457. The van der Waals surface area contributed by atoms with Gasteiger partial charge in [-0.05, 0) is 24.1 Å². The molecule has 6 heteroatoms. The Labute approximate surface area is 116 Å². The first-order valence-electron chi connectivity index (χ1n) is 5.94. The third-order valence-electron chi connectivity index (χ3n) is 3.17. The van der Waals surface area contributed by atoms with Gasteiger partial charge in [-0.3, -0.25) is 4.79 Å². The molecule has 0 spiro atoms. The number of halogens is 1. The van der Waals surface area contributed by atoms with Crippen LogP contribution in [0.3, 0.4) is 0 Å². The Balaban J connectivity index is 2.37. The van der Waals surface area contributed by atoms with E-state index in [1.165, 1.54) is 6.92 Å². The van der Waals surface area contributed by atoms with Crippen LogP contribution in [0.5, 0.6) is 5.75 Å². The molecule has 1 aliphatic heterocycles. The van der Waals surface area contributed by atoms with Gasteiger partial charge in [0.1, 0.15) is 5.75 Å². The molecular formula is C13H16ClNO4. The molecule has 104 valence electrons. The molecule has 0 saturated heterocycles. The van der Waals surface area contributed by atoms with Crippen molar-refractivity contribution in [3.8, 4) is 5.75 Å². The number of fused-ring (bicyclic) bond motifs is 1. The van der Waals surface area contributed by atoms with Gasteiger partial charge in [0, 0.05) is 19.0 Å². The second-order valence-corrected chi connectivity index (χ2v) is 4.68. The van der Waals surface area contributed by atoms with Crippen molar-refractivity contribution in [3.63, 3.8) is 0 Å². The second-order valence-electron chi connectivity index (χ2n) is 4.31. The van der Waals surface area contributed by atoms with Crippen molar-refractivity contribution in [2.75, 3.05) is 13.7 Å². The van der Waals surface area contributed by atoms with Crippen LogP contribution in [0.15, 0.2) is 18.2 Å². The molecule has 0 aromatic heterocycles. The van der Waals surface area contributed by atoms with E-state index in [0.717, 1.165) is 16.9 Å². The van der Waals surface area contributed by atoms with Gasteiger partial charge in [-0.1, -0.05) is 17.7 Å². The number of aliphatic hydroxyl groups excluding tert-OH is 1. The lowest BCUT2D eigenvalue weighted by atomic mass is 9.97. The zero-order chi connectivity index (χ0) is 14.0. The van der Waals surface area contributed by atoms with Crippen LogP contribution >= 0.6 is 11.6 Å². The highest BCUT2D eigenvalue weighted by atomic mass is 35.5. The van der Waals surface area contributed by atoms with Crippen LogP contribution in [0.4, 0.5) is 0 Å². The summed E-state index contributed by atoms with van der Waals surface area (Å²) in [4.78, 5) is 13.2. The number of rotatable bonds is 3. The normalized spacial score (nSPS) is 19.8. The zero-order valence-electron chi connectivity index (χ0n) is 10.8. The van der Waals surface area contributed by atoms with Crippen LogP contribution < -0.4 is 4.74 Å². The molecule has 0 aliphatic carbocycles. The molecule has 1 aliphatic rings. The highest BCUT2D eigenvalue weighted by Gasteiger charge is 2.31. The SMILES string of the molecule is COc1ccc2c(c1)CCN(C(C)=O)C2OC(O)Cl. The third kappa shape index (κ3) is 3.00. The van der Waals surface area contributed by atoms with Crippen LogP contribution in [-0.2, 0) is 16.0 Å². The zero-order valence-corrected chi connectivity index (χ0v) is 11.6. The molecular weight excluding hydrogens is 270 g/mol. The first-order valence-corrected chi connectivity index (χ1v) is 6.38. The van der Waals surface area contributed by atoms with Crippen molar-refractivity contribution in [1.29, 1.82) is 0 Å². The molecule has 0 fully saturated rings. The molecule has 19 heavy (non-hydrogen) atoms. The number of ether oxygens (including phenoxy) is 2. The fourth-order valence-corrected chi connectivity index (χ4v) is 2.37. The Hall–Kier alpha value is -1.30. The largest absolute Gasteiger partial charge is 0.497 e. The topological polar surface area (TPSA) is 59.0 Å². The number of hydrogen-bond donors (Lipinski definition) is 1. The first kappa shape index (κ1) is 14.1. The van der Waals surface area contributed by atoms with Gasteiger partial charge in [0.05, 0.1) is 7.11 Å². The van der Waals surface area contributed by atoms with Crippen LogP contribution in [0.25, 0.3) is 0 Å². The average Bonchev–Trinajstić information content (AvgIpc) is 2.37. The van der Waals surface area contributed by atoms with Gasteiger partial charge in [0.2, 0.25) is 11.7 Å². The Morgan fingerprint density at radius 1 is 1.58 bits per heavy atom. The summed E-state index contributed by atoms with van der Waals surface area (Å²) in [5.41, 5.74) is 1.85. The smallest absolute Gasteiger partial charge is 0.236 e. The number of methoxy groups -OCH3 is 1. The molecule has 2 unspecified atom stereocenters. The van der Waals surface area contributed by atoms with E-state index in [1.54, 1.807) is 18.1 Å². The molecule has 1 amide bonds. The van der Waals surface area contributed by atoms with E-state index in [-0.39, 0.29) is 5.91 Å². The average molecular weight is 286 g/mol. The van der Waals surface area contributed by atoms with E-state index in [1.807, 2.05) is 12.1 Å². The molecule has 1 aromatic carbocycles. The number of aliphatic hydroxyl groups is 1. The molecule has 1 aromatic rings. The summed E-state index contributed by atoms with van der Waals surface area (Å²) < 4.78 is 10.4. The minimum absolute atomic E-state index is 0.121. The summed E-state index contributed by atoms with van der Waals surface area (Å²) in [6.45, 7) is 1.98. The van der Waals surface area contributed by atoms with E-state index in [2.05, 4.69) is 0 Å². The number of alkyl halides is 1. The maximum absolute atomic E-state index is 11.6. The van der Waals surface area contributed by atoms with E-state index in [4.69, 9.17) is 21.1 Å². The molecule has 0 bridgehead atoms. The van der Waals surface area contributed by atoms with Gasteiger partial charge in [-0.25, -0.2) is 0 Å². The lowest BCUT2D eigenvalue weighted by Gasteiger charge is -2.36. The van der Waals surface area contributed by atoms with Crippen molar-refractivity contribution in [1.82, 2.24) is 4.90 Å². The Morgan fingerprint density at radius 2 is 2.32 bits per heavy atom. The number of nitrogens with zero attached hydrogens (tertiary/aromatic N) is 1. The van der Waals surface area contributed by atoms with Gasteiger partial charge in [0.25, 0.3) is 0 Å². The third-order valence-corrected chi connectivity index (χ3v) is 3.27. The summed E-state index contributed by atoms with van der Waals surface area (Å²) in [5, 5.41) is 9.21. The van der Waals surface area contributed by atoms with Crippen molar-refractivity contribution in [3.05, 3.63) is 29.3 Å². The van der Waals surface area contributed by atoms with Gasteiger partial charge in [0.15, 0.2) is 6.23 Å². The molecule has 1 heterocycles. The highest BCUT2D eigenvalue weighted by molar-refractivity contribution is 6.18. The summed E-state index contributed by atoms with van der Waals surface area (Å²) in [5.74, 6) is -0.830. The van der Waals surface area contributed by atoms with Crippen LogP contribution in [-0.4, -0.2) is 35.3 Å². The van der Waals surface area contributed by atoms with E-state index in [0.29, 0.717) is 13.0 Å². The van der Waals surface area contributed by atoms with Gasteiger partial charge < -0.3 is 19.5 Å². The molecule has 0 saturated carbocycles. The van der Waals surface area contributed by atoms with Gasteiger partial charge >= 0.3 is 0 Å². The summed E-state index contributed by atoms with van der Waals surface area (Å²) in [7, 11) is 1.60. The Kier molecular flexibility index (Phi) is 4.29. The maximum Gasteiger partial charge on any atom is 0.236 e. The van der Waals surface area contributed by atoms with E-state index in [9.17, 15) is 9.90 Å². The lowest BCUT2D eigenvalue weighted by Crippen LogP contribution is -2.40. The lowest BCUT2D eigenvalue weighted by molar-refractivity contribution is -0.168. The second kappa shape index (κ2) is 5.77. The number of benzene rings is 1. The fraction of sp³-hybridized carbons (Fsp3) is 0.462. The predicted molar refractivity (Wildman–Crippen MR) is 69.8 cm³/mol. The molecule has 2 rings (SSSR count). The molecule has 2 atom stereocenters. The Morgan fingerprint density at radius 3 is 2.89 bits per heavy atom. The maximum atomic E-state index is 11.6. The minimum atomic E-state index is -1.46. The number of carbonyl (C=O) groups is 1. The van der Waals surface area contributed by atoms with Crippen molar-refractivity contribution >= 4 is 17.5 Å². The van der Waals surface area contributed by atoms with Crippen molar-refractivity contribution in [2.24, 2.45) is 0 Å². The number of amides is 1. The number of hydrogen-bond acceptors (Lipinski definition) is 4. The molecule has 0 radical (unpaired) electrons. The summed E-state index contributed by atoms with van der Waals surface area (Å²) >= 11 is 5.48. The van der Waals surface area contributed by atoms with Crippen molar-refractivity contribution in [2.45, 2.75) is 25.3 Å². The van der Waals surface area contributed by atoms with Gasteiger partial charge in [-0.15, -0.1) is 0 Å². The van der Waals surface area contributed by atoms with Crippen molar-refractivity contribution < 1.29 is 19.4 Å². The molecule has 1 N–H and O–H groups in total. The van der Waals surface area contributed by atoms with Gasteiger partial charge in [-0.2, -0.15) is 0 Å². The standard InChI is InChI=1S/C13H16ClNO4/c1-8(16)15-6-5-9-7-10(18-2)3-4-11(9)12(15)19-13(14)17/h3-4,7,12-13,17H,5-6H2,1-2H3. The molecule has 5 nitrogen and oxygen atoms in total. The monoisotopic (exact) mass is 285 g/mol. The summed E-state index contributed by atoms with van der Waals surface area (Å²) in [6, 6.07) is 5.52.